The van der Waals surface area contributed by atoms with Gasteiger partial charge in [-0.2, -0.15) is 5.10 Å². The molecule has 0 aliphatic carbocycles. The molecule has 0 bridgehead atoms. The van der Waals surface area contributed by atoms with E-state index in [9.17, 15) is 9.59 Å². The minimum atomic E-state index is -0.503. The van der Waals surface area contributed by atoms with Crippen LogP contribution in [0, 0.1) is 6.92 Å². The largest absolute Gasteiger partial charge is 0.355 e. The van der Waals surface area contributed by atoms with Gasteiger partial charge in [0.25, 0.3) is 5.91 Å². The molecule has 0 saturated heterocycles. The molecule has 4 aromatic rings. The molecule has 9 heteroatoms. The Morgan fingerprint density at radius 1 is 0.969 bits per heavy atom. The zero-order valence-corrected chi connectivity index (χ0v) is 18.2. The van der Waals surface area contributed by atoms with E-state index in [-0.39, 0.29) is 5.69 Å². The van der Waals surface area contributed by atoms with Crippen molar-refractivity contribution in [2.45, 2.75) is 6.92 Å². The number of fused-ring (bicyclic) bond motifs is 2. The van der Waals surface area contributed by atoms with Crippen LogP contribution >= 0.6 is 11.6 Å². The summed E-state index contributed by atoms with van der Waals surface area (Å²) in [6.45, 7) is 2.69. The van der Waals surface area contributed by atoms with Crippen LogP contribution in [0.1, 0.15) is 16.2 Å². The second-order valence-corrected chi connectivity index (χ2v) is 8.06. The zero-order valence-electron chi connectivity index (χ0n) is 17.5. The van der Waals surface area contributed by atoms with Gasteiger partial charge in [0.15, 0.2) is 17.3 Å². The fraction of sp³-hybridized carbons (Fsp3) is 0.174. The number of halogens is 1. The molecule has 2 aromatic carbocycles. The number of hydrogen-bond donors (Lipinski definition) is 0. The Labute approximate surface area is 188 Å². The summed E-state index contributed by atoms with van der Waals surface area (Å²) in [5.74, 6) is 0.507. The van der Waals surface area contributed by atoms with E-state index in [1.54, 1.807) is 35.9 Å². The van der Waals surface area contributed by atoms with E-state index in [2.05, 4.69) is 15.1 Å². The number of benzene rings is 2. The Kier molecular flexibility index (Phi) is 4.86. The second kappa shape index (κ2) is 7.72. The van der Waals surface area contributed by atoms with Crippen LogP contribution in [0.4, 0.5) is 11.6 Å². The highest BCUT2D eigenvalue weighted by atomic mass is 35.5. The molecule has 0 fully saturated rings. The van der Waals surface area contributed by atoms with Gasteiger partial charge in [0.2, 0.25) is 5.43 Å². The van der Waals surface area contributed by atoms with Gasteiger partial charge in [0.1, 0.15) is 0 Å². The van der Waals surface area contributed by atoms with E-state index in [1.165, 1.54) is 11.0 Å². The SMILES string of the molecule is Cc1cc(=O)c(C(=O)N2CCN(C)c3nc4ccccc4nc32)nn1-c1ccc(Cl)cc1. The van der Waals surface area contributed by atoms with Crippen molar-refractivity contribution in [2.24, 2.45) is 0 Å². The van der Waals surface area contributed by atoms with Crippen LogP contribution in [0.3, 0.4) is 0 Å². The molecule has 1 aliphatic heterocycles. The van der Waals surface area contributed by atoms with E-state index < -0.39 is 11.3 Å². The van der Waals surface area contributed by atoms with Gasteiger partial charge in [0.05, 0.1) is 16.7 Å². The van der Waals surface area contributed by atoms with Gasteiger partial charge in [-0.15, -0.1) is 0 Å². The third-order valence-electron chi connectivity index (χ3n) is 5.44. The van der Waals surface area contributed by atoms with Crippen LogP contribution in [0.15, 0.2) is 59.4 Å². The molecule has 1 aliphatic rings. The summed E-state index contributed by atoms with van der Waals surface area (Å²) < 4.78 is 1.56. The topological polar surface area (TPSA) is 84.2 Å². The number of carbonyl (C=O) groups is 1. The van der Waals surface area contributed by atoms with Crippen LogP contribution in [0.25, 0.3) is 16.7 Å². The Hall–Kier alpha value is -3.78. The van der Waals surface area contributed by atoms with Gasteiger partial charge in [-0.1, -0.05) is 23.7 Å². The highest BCUT2D eigenvalue weighted by Crippen LogP contribution is 2.31. The lowest BCUT2D eigenvalue weighted by Crippen LogP contribution is -2.45. The predicted octanol–water partition coefficient (Wildman–Crippen LogP) is 3.23. The zero-order chi connectivity index (χ0) is 22.4. The first-order valence-electron chi connectivity index (χ1n) is 10.1. The van der Waals surface area contributed by atoms with Crippen molar-refractivity contribution >= 4 is 40.2 Å². The summed E-state index contributed by atoms with van der Waals surface area (Å²) in [5.41, 5.74) is 2.12. The summed E-state index contributed by atoms with van der Waals surface area (Å²) >= 11 is 5.99. The number of hydrogen-bond acceptors (Lipinski definition) is 6. The quantitative estimate of drug-likeness (QED) is 0.470. The third kappa shape index (κ3) is 3.38. The van der Waals surface area contributed by atoms with Crippen molar-refractivity contribution in [2.75, 3.05) is 29.9 Å². The normalized spacial score (nSPS) is 13.3. The predicted molar refractivity (Wildman–Crippen MR) is 124 cm³/mol. The minimum absolute atomic E-state index is 0.170. The summed E-state index contributed by atoms with van der Waals surface area (Å²) in [5, 5.41) is 5.00. The molecule has 8 nitrogen and oxygen atoms in total. The summed E-state index contributed by atoms with van der Waals surface area (Å²) in [6.07, 6.45) is 0. The number of aryl methyl sites for hydroxylation is 1. The summed E-state index contributed by atoms with van der Waals surface area (Å²) in [4.78, 5) is 39.1. The van der Waals surface area contributed by atoms with E-state index in [0.717, 1.165) is 5.52 Å². The molecule has 0 saturated carbocycles. The number of para-hydroxylation sites is 2. The summed E-state index contributed by atoms with van der Waals surface area (Å²) in [7, 11) is 1.90. The van der Waals surface area contributed by atoms with Gasteiger partial charge >= 0.3 is 0 Å². The maximum atomic E-state index is 13.5. The van der Waals surface area contributed by atoms with Crippen LogP contribution in [0.2, 0.25) is 5.02 Å². The number of anilines is 2. The molecule has 1 amide bonds. The van der Waals surface area contributed by atoms with Gasteiger partial charge in [-0.25, -0.2) is 14.6 Å². The average molecular weight is 447 g/mol. The van der Waals surface area contributed by atoms with Gasteiger partial charge in [-0.05, 0) is 43.3 Å². The summed E-state index contributed by atoms with van der Waals surface area (Å²) in [6, 6.07) is 15.9. The number of amides is 1. The van der Waals surface area contributed by atoms with Crippen molar-refractivity contribution in [3.05, 3.63) is 81.2 Å². The third-order valence-corrected chi connectivity index (χ3v) is 5.69. The maximum absolute atomic E-state index is 13.5. The Balaban J connectivity index is 1.61. The van der Waals surface area contributed by atoms with E-state index in [1.807, 2.05) is 36.2 Å². The molecule has 160 valence electrons. The maximum Gasteiger partial charge on any atom is 0.284 e. The van der Waals surface area contributed by atoms with Crippen molar-refractivity contribution in [3.8, 4) is 5.69 Å². The Morgan fingerprint density at radius 3 is 2.31 bits per heavy atom. The molecule has 32 heavy (non-hydrogen) atoms. The molecule has 0 unspecified atom stereocenters. The molecule has 3 heterocycles. The number of aromatic nitrogens is 4. The molecular formula is C23H19ClN6O2. The molecule has 2 aromatic heterocycles. The van der Waals surface area contributed by atoms with E-state index >= 15 is 0 Å². The highest BCUT2D eigenvalue weighted by Gasteiger charge is 2.31. The Bertz CT molecular complexity index is 1420. The van der Waals surface area contributed by atoms with Gasteiger partial charge < -0.3 is 4.90 Å². The second-order valence-electron chi connectivity index (χ2n) is 7.62. The number of likely N-dealkylation sites (N-methyl/N-ethyl adjacent to an activating group) is 1. The highest BCUT2D eigenvalue weighted by molar-refractivity contribution is 6.30. The first-order chi connectivity index (χ1) is 15.4. The lowest BCUT2D eigenvalue weighted by atomic mass is 10.2. The minimum Gasteiger partial charge on any atom is -0.355 e. The van der Waals surface area contributed by atoms with E-state index in [0.29, 0.717) is 46.6 Å². The lowest BCUT2D eigenvalue weighted by Gasteiger charge is -2.33. The first-order valence-corrected chi connectivity index (χ1v) is 10.5. The standard InChI is InChI=1S/C23H19ClN6O2/c1-14-13-19(31)20(27-30(14)16-9-7-15(24)8-10-16)23(32)29-12-11-28(2)21-22(29)26-18-6-4-3-5-17(18)25-21/h3-10,13H,11-12H2,1-2H3. The number of carbonyl (C=O) groups excluding carboxylic acids is 1. The molecule has 0 atom stereocenters. The van der Waals surface area contributed by atoms with Crippen LogP contribution in [-0.2, 0) is 0 Å². The fourth-order valence-corrected chi connectivity index (χ4v) is 3.87. The van der Waals surface area contributed by atoms with Crippen molar-refractivity contribution in [1.82, 2.24) is 19.7 Å². The van der Waals surface area contributed by atoms with Gasteiger partial charge in [0, 0.05) is 36.9 Å². The van der Waals surface area contributed by atoms with E-state index in [4.69, 9.17) is 11.6 Å². The smallest absolute Gasteiger partial charge is 0.284 e. The van der Waals surface area contributed by atoms with Gasteiger partial charge in [-0.3, -0.25) is 14.5 Å². The van der Waals surface area contributed by atoms with Crippen LogP contribution in [-0.4, -0.2) is 45.8 Å². The van der Waals surface area contributed by atoms with Crippen LogP contribution < -0.4 is 15.2 Å². The van der Waals surface area contributed by atoms with Crippen LogP contribution in [0.5, 0.6) is 0 Å². The van der Waals surface area contributed by atoms with Crippen molar-refractivity contribution in [1.29, 1.82) is 0 Å². The number of nitrogens with zero attached hydrogens (tertiary/aromatic N) is 6. The molecule has 0 N–H and O–H groups in total. The Morgan fingerprint density at radius 2 is 1.62 bits per heavy atom. The van der Waals surface area contributed by atoms with Crippen molar-refractivity contribution < 1.29 is 4.79 Å². The first kappa shape index (κ1) is 20.1. The monoisotopic (exact) mass is 446 g/mol. The van der Waals surface area contributed by atoms with Crippen molar-refractivity contribution in [3.63, 3.8) is 0 Å². The molecule has 5 rings (SSSR count). The number of rotatable bonds is 2. The molecule has 0 spiro atoms. The average Bonchev–Trinajstić information content (AvgIpc) is 2.79. The molecular weight excluding hydrogens is 428 g/mol. The lowest BCUT2D eigenvalue weighted by molar-refractivity contribution is 0.0978. The molecule has 0 radical (unpaired) electrons. The fourth-order valence-electron chi connectivity index (χ4n) is 3.75.